The Morgan fingerprint density at radius 1 is 1.19 bits per heavy atom. The van der Waals surface area contributed by atoms with Gasteiger partial charge in [-0.05, 0) is 18.2 Å². The van der Waals surface area contributed by atoms with Crippen molar-refractivity contribution >= 4 is 5.82 Å². The number of hydrogen-bond donors (Lipinski definition) is 1. The van der Waals surface area contributed by atoms with E-state index in [2.05, 4.69) is 15.3 Å². The summed E-state index contributed by atoms with van der Waals surface area (Å²) in [7, 11) is 1.68. The van der Waals surface area contributed by atoms with Gasteiger partial charge in [0, 0.05) is 12.6 Å². The van der Waals surface area contributed by atoms with Crippen LogP contribution < -0.4 is 5.32 Å². The maximum Gasteiger partial charge on any atom is 0.144 e. The van der Waals surface area contributed by atoms with Crippen molar-refractivity contribution in [1.29, 1.82) is 0 Å². The molecule has 0 atom stereocenters. The number of anilines is 1. The SMILES string of the molecule is CNc1cncc(-c2cc(F)ccc2F)n1. The standard InChI is InChI=1S/C11H9F2N3/c1-14-11-6-15-5-10(16-11)8-4-7(12)2-3-9(8)13/h2-6H,1H3,(H,14,16). The van der Waals surface area contributed by atoms with E-state index in [9.17, 15) is 8.78 Å². The molecule has 2 rings (SSSR count). The first-order chi connectivity index (χ1) is 7.70. The van der Waals surface area contributed by atoms with Gasteiger partial charge in [-0.3, -0.25) is 4.98 Å². The molecule has 1 aromatic carbocycles. The highest BCUT2D eigenvalue weighted by Gasteiger charge is 2.08. The molecule has 0 saturated heterocycles. The average molecular weight is 221 g/mol. The maximum atomic E-state index is 13.4. The largest absolute Gasteiger partial charge is 0.372 e. The number of nitrogens with zero attached hydrogens (tertiary/aromatic N) is 2. The van der Waals surface area contributed by atoms with Crippen LogP contribution in [0.3, 0.4) is 0 Å². The predicted molar refractivity (Wildman–Crippen MR) is 56.9 cm³/mol. The van der Waals surface area contributed by atoms with Gasteiger partial charge in [-0.25, -0.2) is 13.8 Å². The molecule has 0 radical (unpaired) electrons. The molecule has 1 aromatic heterocycles. The van der Waals surface area contributed by atoms with Gasteiger partial charge in [0.25, 0.3) is 0 Å². The summed E-state index contributed by atoms with van der Waals surface area (Å²) in [4.78, 5) is 7.97. The van der Waals surface area contributed by atoms with Gasteiger partial charge in [0.05, 0.1) is 18.1 Å². The highest BCUT2D eigenvalue weighted by Crippen LogP contribution is 2.21. The third-order valence-electron chi connectivity index (χ3n) is 2.10. The molecule has 0 amide bonds. The second kappa shape index (κ2) is 4.22. The lowest BCUT2D eigenvalue weighted by molar-refractivity contribution is 0.602. The van der Waals surface area contributed by atoms with Gasteiger partial charge in [-0.2, -0.15) is 0 Å². The summed E-state index contributed by atoms with van der Waals surface area (Å²) < 4.78 is 26.4. The van der Waals surface area contributed by atoms with E-state index >= 15 is 0 Å². The van der Waals surface area contributed by atoms with Crippen LogP contribution in [0.2, 0.25) is 0 Å². The molecule has 0 bridgehead atoms. The Balaban J connectivity index is 2.53. The molecule has 0 unspecified atom stereocenters. The summed E-state index contributed by atoms with van der Waals surface area (Å²) in [6.07, 6.45) is 2.89. The molecular formula is C11H9F2N3. The third kappa shape index (κ3) is 1.98. The van der Waals surface area contributed by atoms with Gasteiger partial charge >= 0.3 is 0 Å². The predicted octanol–water partition coefficient (Wildman–Crippen LogP) is 2.46. The minimum atomic E-state index is -0.524. The van der Waals surface area contributed by atoms with Gasteiger partial charge in [0.1, 0.15) is 17.5 Å². The molecule has 1 heterocycles. The summed E-state index contributed by atoms with van der Waals surface area (Å²) in [6.45, 7) is 0. The van der Waals surface area contributed by atoms with Gasteiger partial charge in [0.15, 0.2) is 0 Å². The van der Waals surface area contributed by atoms with Crippen LogP contribution in [-0.2, 0) is 0 Å². The number of nitrogens with one attached hydrogen (secondary N) is 1. The molecule has 82 valence electrons. The lowest BCUT2D eigenvalue weighted by atomic mass is 10.1. The monoisotopic (exact) mass is 221 g/mol. The van der Waals surface area contributed by atoms with Crippen molar-refractivity contribution in [2.24, 2.45) is 0 Å². The molecule has 3 nitrogen and oxygen atoms in total. The van der Waals surface area contributed by atoms with Crippen LogP contribution >= 0.6 is 0 Å². The first-order valence-electron chi connectivity index (χ1n) is 4.66. The highest BCUT2D eigenvalue weighted by atomic mass is 19.1. The number of rotatable bonds is 2. The Kier molecular flexibility index (Phi) is 2.76. The number of aromatic nitrogens is 2. The van der Waals surface area contributed by atoms with Gasteiger partial charge in [-0.1, -0.05) is 0 Å². The Bertz CT molecular complexity index is 514. The van der Waals surface area contributed by atoms with Crippen LogP contribution in [0, 0.1) is 11.6 Å². The second-order valence-corrected chi connectivity index (χ2v) is 3.16. The van der Waals surface area contributed by atoms with Gasteiger partial charge < -0.3 is 5.32 Å². The lowest BCUT2D eigenvalue weighted by Crippen LogP contribution is -1.96. The summed E-state index contributed by atoms with van der Waals surface area (Å²) in [5.41, 5.74) is 0.397. The summed E-state index contributed by atoms with van der Waals surface area (Å²) in [5, 5.41) is 2.78. The number of halogens is 2. The van der Waals surface area contributed by atoms with E-state index < -0.39 is 11.6 Å². The van der Waals surface area contributed by atoms with Crippen molar-refractivity contribution in [3.05, 3.63) is 42.2 Å². The zero-order valence-corrected chi connectivity index (χ0v) is 8.54. The second-order valence-electron chi connectivity index (χ2n) is 3.16. The van der Waals surface area contributed by atoms with E-state index in [-0.39, 0.29) is 5.56 Å². The van der Waals surface area contributed by atoms with E-state index in [4.69, 9.17) is 0 Å². The molecule has 0 aliphatic carbocycles. The van der Waals surface area contributed by atoms with E-state index in [0.717, 1.165) is 18.2 Å². The van der Waals surface area contributed by atoms with Crippen molar-refractivity contribution in [3.8, 4) is 11.3 Å². The minimum absolute atomic E-state index is 0.101. The fourth-order valence-corrected chi connectivity index (χ4v) is 1.31. The molecule has 5 heteroatoms. The van der Waals surface area contributed by atoms with Crippen LogP contribution in [0.1, 0.15) is 0 Å². The molecule has 1 N–H and O–H groups in total. The average Bonchev–Trinajstić information content (AvgIpc) is 2.32. The highest BCUT2D eigenvalue weighted by molar-refractivity contribution is 5.60. The van der Waals surface area contributed by atoms with Crippen LogP contribution in [0.15, 0.2) is 30.6 Å². The first kappa shape index (κ1) is 10.5. The van der Waals surface area contributed by atoms with Gasteiger partial charge in [0.2, 0.25) is 0 Å². The van der Waals surface area contributed by atoms with Crippen LogP contribution in [0.25, 0.3) is 11.3 Å². The Morgan fingerprint density at radius 3 is 2.75 bits per heavy atom. The van der Waals surface area contributed by atoms with Gasteiger partial charge in [-0.15, -0.1) is 0 Å². The maximum absolute atomic E-state index is 13.4. The quantitative estimate of drug-likeness (QED) is 0.846. The summed E-state index contributed by atoms with van der Waals surface area (Å²) >= 11 is 0. The van der Waals surface area contributed by atoms with Crippen molar-refractivity contribution in [2.45, 2.75) is 0 Å². The van der Waals surface area contributed by atoms with Crippen molar-refractivity contribution in [2.75, 3.05) is 12.4 Å². The summed E-state index contributed by atoms with van der Waals surface area (Å²) in [6, 6.07) is 3.23. The topological polar surface area (TPSA) is 37.8 Å². The van der Waals surface area contributed by atoms with Crippen LogP contribution in [0.4, 0.5) is 14.6 Å². The van der Waals surface area contributed by atoms with E-state index in [0.29, 0.717) is 11.5 Å². The molecule has 0 fully saturated rings. The van der Waals surface area contributed by atoms with Crippen molar-refractivity contribution in [3.63, 3.8) is 0 Å². The molecule has 0 aliphatic rings. The zero-order chi connectivity index (χ0) is 11.5. The first-order valence-corrected chi connectivity index (χ1v) is 4.66. The Hall–Kier alpha value is -2.04. The van der Waals surface area contributed by atoms with E-state index in [1.165, 1.54) is 12.4 Å². The molecule has 2 aromatic rings. The molecular weight excluding hydrogens is 212 g/mol. The smallest absolute Gasteiger partial charge is 0.144 e. The van der Waals surface area contributed by atoms with E-state index in [1.807, 2.05) is 0 Å². The normalized spacial score (nSPS) is 10.2. The van der Waals surface area contributed by atoms with Crippen LogP contribution in [-0.4, -0.2) is 17.0 Å². The lowest BCUT2D eigenvalue weighted by Gasteiger charge is -2.04. The fraction of sp³-hybridized carbons (Fsp3) is 0.0909. The number of hydrogen-bond acceptors (Lipinski definition) is 3. The molecule has 0 spiro atoms. The summed E-state index contributed by atoms with van der Waals surface area (Å²) in [5.74, 6) is -0.529. The molecule has 0 aliphatic heterocycles. The van der Waals surface area contributed by atoms with Crippen LogP contribution in [0.5, 0.6) is 0 Å². The molecule has 0 saturated carbocycles. The number of benzene rings is 1. The Morgan fingerprint density at radius 2 is 2.00 bits per heavy atom. The Labute approximate surface area is 91.2 Å². The third-order valence-corrected chi connectivity index (χ3v) is 2.10. The van der Waals surface area contributed by atoms with Crippen molar-refractivity contribution in [1.82, 2.24) is 9.97 Å². The minimum Gasteiger partial charge on any atom is -0.372 e. The zero-order valence-electron chi connectivity index (χ0n) is 8.54. The van der Waals surface area contributed by atoms with E-state index in [1.54, 1.807) is 7.05 Å². The van der Waals surface area contributed by atoms with Crippen molar-refractivity contribution < 1.29 is 8.78 Å². The fourth-order valence-electron chi connectivity index (χ4n) is 1.31. The molecule has 16 heavy (non-hydrogen) atoms.